The van der Waals surface area contributed by atoms with Gasteiger partial charge < -0.3 is 4.90 Å². The molecule has 0 bridgehead atoms. The van der Waals surface area contributed by atoms with Gasteiger partial charge in [-0.2, -0.15) is 4.98 Å². The van der Waals surface area contributed by atoms with Crippen molar-refractivity contribution in [3.8, 4) is 11.1 Å². The summed E-state index contributed by atoms with van der Waals surface area (Å²) in [6, 6.07) is 6.49. The number of halogens is 2. The van der Waals surface area contributed by atoms with E-state index in [1.54, 1.807) is 12.1 Å². The van der Waals surface area contributed by atoms with Crippen molar-refractivity contribution in [2.75, 3.05) is 18.5 Å². The Morgan fingerprint density at radius 2 is 1.96 bits per heavy atom. The average Bonchev–Trinajstić information content (AvgIpc) is 2.96. The predicted molar refractivity (Wildman–Crippen MR) is 96.0 cm³/mol. The topological polar surface area (TPSA) is 29.0 Å². The van der Waals surface area contributed by atoms with Crippen LogP contribution in [0.25, 0.3) is 21.3 Å². The molecule has 3 aromatic rings. The van der Waals surface area contributed by atoms with Crippen molar-refractivity contribution >= 4 is 39.0 Å². The number of fused-ring (bicyclic) bond motifs is 1. The zero-order valence-electron chi connectivity index (χ0n) is 13.0. The standard InChI is InChI=1S/C17H17ClFN3S/c1-3-4-9-22(2)15-14-13(11-5-7-12(19)8-6-11)10-23-16(14)21-17(18)20-15/h5-8,10H,3-4,9H2,1-2H3. The van der Waals surface area contributed by atoms with Gasteiger partial charge in [-0.3, -0.25) is 0 Å². The molecule has 0 atom stereocenters. The molecule has 6 heteroatoms. The summed E-state index contributed by atoms with van der Waals surface area (Å²) in [5.41, 5.74) is 1.97. The van der Waals surface area contributed by atoms with Gasteiger partial charge in [-0.25, -0.2) is 9.37 Å². The van der Waals surface area contributed by atoms with Crippen LogP contribution in [0.3, 0.4) is 0 Å². The third-order valence-corrected chi connectivity index (χ3v) is 4.79. The molecule has 0 saturated carbocycles. The largest absolute Gasteiger partial charge is 0.359 e. The Morgan fingerprint density at radius 1 is 1.22 bits per heavy atom. The van der Waals surface area contributed by atoms with Gasteiger partial charge in [0.25, 0.3) is 0 Å². The van der Waals surface area contributed by atoms with Crippen LogP contribution in [0.4, 0.5) is 10.2 Å². The summed E-state index contributed by atoms with van der Waals surface area (Å²) in [4.78, 5) is 11.7. The van der Waals surface area contributed by atoms with Crippen molar-refractivity contribution in [1.29, 1.82) is 0 Å². The fourth-order valence-corrected chi connectivity index (χ4v) is 3.67. The van der Waals surface area contributed by atoms with Crippen LogP contribution in [0.2, 0.25) is 5.28 Å². The second-order valence-corrected chi connectivity index (χ2v) is 6.62. The highest BCUT2D eigenvalue weighted by Crippen LogP contribution is 2.38. The average molecular weight is 350 g/mol. The lowest BCUT2D eigenvalue weighted by Gasteiger charge is -2.19. The summed E-state index contributed by atoms with van der Waals surface area (Å²) in [6.07, 6.45) is 2.19. The van der Waals surface area contributed by atoms with Crippen LogP contribution in [-0.2, 0) is 0 Å². The monoisotopic (exact) mass is 349 g/mol. The molecule has 3 nitrogen and oxygen atoms in total. The van der Waals surface area contributed by atoms with E-state index in [2.05, 4.69) is 21.8 Å². The Bertz CT molecular complexity index is 817. The molecule has 0 fully saturated rings. The zero-order chi connectivity index (χ0) is 16.4. The summed E-state index contributed by atoms with van der Waals surface area (Å²) < 4.78 is 13.2. The second-order valence-electron chi connectivity index (χ2n) is 5.43. The molecule has 0 aliphatic carbocycles. The van der Waals surface area contributed by atoms with Gasteiger partial charge in [-0.05, 0) is 35.7 Å². The van der Waals surface area contributed by atoms with E-state index in [-0.39, 0.29) is 11.1 Å². The molecule has 0 saturated heterocycles. The number of nitrogens with zero attached hydrogens (tertiary/aromatic N) is 3. The summed E-state index contributed by atoms with van der Waals surface area (Å²) in [6.45, 7) is 3.06. The van der Waals surface area contributed by atoms with Gasteiger partial charge in [-0.15, -0.1) is 11.3 Å². The van der Waals surface area contributed by atoms with Crippen molar-refractivity contribution in [2.24, 2.45) is 0 Å². The van der Waals surface area contributed by atoms with Crippen molar-refractivity contribution < 1.29 is 4.39 Å². The summed E-state index contributed by atoms with van der Waals surface area (Å²) in [5.74, 6) is 0.585. The molecule has 0 aliphatic rings. The highest BCUT2D eigenvalue weighted by molar-refractivity contribution is 7.17. The number of hydrogen-bond donors (Lipinski definition) is 0. The molecule has 23 heavy (non-hydrogen) atoms. The minimum atomic E-state index is -0.243. The van der Waals surface area contributed by atoms with Crippen molar-refractivity contribution in [1.82, 2.24) is 9.97 Å². The lowest BCUT2D eigenvalue weighted by Crippen LogP contribution is -2.20. The van der Waals surface area contributed by atoms with Crippen LogP contribution in [0.5, 0.6) is 0 Å². The quantitative estimate of drug-likeness (QED) is 0.578. The molecular formula is C17H17ClFN3S. The Labute approximate surface area is 143 Å². The van der Waals surface area contributed by atoms with Gasteiger partial charge in [0.2, 0.25) is 5.28 Å². The summed E-state index contributed by atoms with van der Waals surface area (Å²) in [5, 5.41) is 3.26. The lowest BCUT2D eigenvalue weighted by atomic mass is 10.1. The Balaban J connectivity index is 2.15. The van der Waals surface area contributed by atoms with E-state index in [0.717, 1.165) is 46.5 Å². The van der Waals surface area contributed by atoms with E-state index < -0.39 is 0 Å². The maximum Gasteiger partial charge on any atom is 0.225 e. The summed E-state index contributed by atoms with van der Waals surface area (Å²) >= 11 is 7.61. The molecule has 0 radical (unpaired) electrons. The van der Waals surface area contributed by atoms with Gasteiger partial charge in [0.15, 0.2) is 0 Å². The molecule has 2 heterocycles. The highest BCUT2D eigenvalue weighted by atomic mass is 35.5. The Hall–Kier alpha value is -1.72. The molecule has 0 unspecified atom stereocenters. The van der Waals surface area contributed by atoms with Crippen LogP contribution in [0, 0.1) is 5.82 Å². The smallest absolute Gasteiger partial charge is 0.225 e. The minimum Gasteiger partial charge on any atom is -0.359 e. The highest BCUT2D eigenvalue weighted by Gasteiger charge is 2.17. The molecular weight excluding hydrogens is 333 g/mol. The molecule has 0 amide bonds. The van der Waals surface area contributed by atoms with Crippen LogP contribution < -0.4 is 4.90 Å². The predicted octanol–water partition coefficient (Wildman–Crippen LogP) is 5.39. The number of anilines is 1. The maximum atomic E-state index is 13.2. The van der Waals surface area contributed by atoms with E-state index >= 15 is 0 Å². The first-order valence-electron chi connectivity index (χ1n) is 7.52. The van der Waals surface area contributed by atoms with Crippen LogP contribution in [0.15, 0.2) is 29.6 Å². The van der Waals surface area contributed by atoms with Gasteiger partial charge in [0.05, 0.1) is 5.39 Å². The molecule has 0 N–H and O–H groups in total. The Morgan fingerprint density at radius 3 is 2.65 bits per heavy atom. The number of thiophene rings is 1. The second kappa shape index (κ2) is 6.81. The Kier molecular flexibility index (Phi) is 4.78. The normalized spacial score (nSPS) is 11.1. The number of hydrogen-bond acceptors (Lipinski definition) is 4. The zero-order valence-corrected chi connectivity index (χ0v) is 14.6. The van der Waals surface area contributed by atoms with E-state index in [4.69, 9.17) is 11.6 Å². The third-order valence-electron chi connectivity index (χ3n) is 3.75. The van der Waals surface area contributed by atoms with Gasteiger partial charge in [0, 0.05) is 24.5 Å². The first-order chi connectivity index (χ1) is 11.1. The number of rotatable bonds is 5. The fourth-order valence-electron chi connectivity index (χ4n) is 2.52. The van der Waals surface area contributed by atoms with Gasteiger partial charge in [-0.1, -0.05) is 25.5 Å². The molecule has 120 valence electrons. The van der Waals surface area contributed by atoms with Crippen molar-refractivity contribution in [3.05, 3.63) is 40.7 Å². The number of aromatic nitrogens is 2. The molecule has 2 aromatic heterocycles. The summed E-state index contributed by atoms with van der Waals surface area (Å²) in [7, 11) is 2.01. The van der Waals surface area contributed by atoms with Crippen LogP contribution in [0.1, 0.15) is 19.8 Å². The number of unbranched alkanes of at least 4 members (excludes halogenated alkanes) is 1. The van der Waals surface area contributed by atoms with Crippen molar-refractivity contribution in [3.63, 3.8) is 0 Å². The van der Waals surface area contributed by atoms with E-state index in [1.165, 1.54) is 23.5 Å². The van der Waals surface area contributed by atoms with Crippen molar-refractivity contribution in [2.45, 2.75) is 19.8 Å². The minimum absolute atomic E-state index is 0.243. The van der Waals surface area contributed by atoms with E-state index in [9.17, 15) is 4.39 Å². The van der Waals surface area contributed by atoms with Crippen LogP contribution in [-0.4, -0.2) is 23.6 Å². The lowest BCUT2D eigenvalue weighted by molar-refractivity contribution is 0.628. The maximum absolute atomic E-state index is 13.2. The molecule has 3 rings (SSSR count). The van der Waals surface area contributed by atoms with E-state index in [1.807, 2.05) is 12.4 Å². The molecule has 1 aromatic carbocycles. The first-order valence-corrected chi connectivity index (χ1v) is 8.77. The van der Waals surface area contributed by atoms with E-state index in [0.29, 0.717) is 0 Å². The number of benzene rings is 1. The van der Waals surface area contributed by atoms with Crippen LogP contribution >= 0.6 is 22.9 Å². The van der Waals surface area contributed by atoms with Gasteiger partial charge in [0.1, 0.15) is 16.5 Å². The third kappa shape index (κ3) is 3.31. The SMILES string of the molecule is CCCCN(C)c1nc(Cl)nc2scc(-c3ccc(F)cc3)c12. The first kappa shape index (κ1) is 16.1. The fraction of sp³-hybridized carbons (Fsp3) is 0.294. The van der Waals surface area contributed by atoms with Gasteiger partial charge >= 0.3 is 0 Å². The molecule has 0 spiro atoms. The molecule has 0 aliphatic heterocycles.